The van der Waals surface area contributed by atoms with Gasteiger partial charge in [0.2, 0.25) is 0 Å². The van der Waals surface area contributed by atoms with Gasteiger partial charge in [0.05, 0.1) is 0 Å². The maximum Gasteiger partial charge on any atom is 0.0213 e. The summed E-state index contributed by atoms with van der Waals surface area (Å²) in [6, 6.07) is 0. The Labute approximate surface area is 81.5 Å². The van der Waals surface area contributed by atoms with Gasteiger partial charge >= 0.3 is 0 Å². The molecule has 0 heterocycles. The minimum absolute atomic E-state index is 0.558. The lowest BCUT2D eigenvalue weighted by atomic mass is 9.54. The first kappa shape index (κ1) is 10.4. The Hall–Kier alpha value is 0.350. The van der Waals surface area contributed by atoms with Crippen molar-refractivity contribution >= 4 is 11.8 Å². The minimum Gasteiger partial charge on any atom is -0.155 e. The third-order valence-electron chi connectivity index (χ3n) is 4.03. The second-order valence-corrected chi connectivity index (χ2v) is 6.26. The van der Waals surface area contributed by atoms with Gasteiger partial charge in [-0.05, 0) is 29.9 Å². The van der Waals surface area contributed by atoms with E-state index in [0.717, 1.165) is 5.92 Å². The van der Waals surface area contributed by atoms with Crippen LogP contribution in [0, 0.1) is 11.3 Å². The van der Waals surface area contributed by atoms with Crippen molar-refractivity contribution in [3.63, 3.8) is 0 Å². The van der Waals surface area contributed by atoms with E-state index in [1.807, 2.05) is 0 Å². The maximum absolute atomic E-state index is 2.44. The normalized spacial score (nSPS) is 39.2. The zero-order valence-corrected chi connectivity index (χ0v) is 9.92. The van der Waals surface area contributed by atoms with E-state index < -0.39 is 0 Å². The molecule has 0 spiro atoms. The highest BCUT2D eigenvalue weighted by molar-refractivity contribution is 8.00. The molecule has 0 aliphatic heterocycles. The smallest absolute Gasteiger partial charge is 0.0213 e. The fourth-order valence-electron chi connectivity index (χ4n) is 2.55. The van der Waals surface area contributed by atoms with Gasteiger partial charge in [-0.25, -0.2) is 0 Å². The zero-order valence-electron chi connectivity index (χ0n) is 9.11. The van der Waals surface area contributed by atoms with Gasteiger partial charge in [-0.1, -0.05) is 34.6 Å². The van der Waals surface area contributed by atoms with Gasteiger partial charge in [0, 0.05) is 4.75 Å². The minimum atomic E-state index is 0.558. The van der Waals surface area contributed by atoms with Gasteiger partial charge in [0.25, 0.3) is 0 Å². The van der Waals surface area contributed by atoms with Crippen LogP contribution in [-0.4, -0.2) is 10.5 Å². The van der Waals surface area contributed by atoms with Crippen LogP contribution in [0.2, 0.25) is 0 Å². The Morgan fingerprint density at radius 2 is 1.92 bits per heavy atom. The van der Waals surface area contributed by atoms with Crippen molar-refractivity contribution in [3.8, 4) is 0 Å². The van der Waals surface area contributed by atoms with E-state index in [4.69, 9.17) is 0 Å². The Balaban J connectivity index is 2.71. The first-order valence-corrected chi connectivity index (χ1v) is 6.12. The van der Waals surface area contributed by atoms with Gasteiger partial charge in [0.15, 0.2) is 0 Å². The quantitative estimate of drug-likeness (QED) is 0.643. The van der Waals surface area contributed by atoms with Crippen molar-refractivity contribution < 1.29 is 0 Å². The Morgan fingerprint density at radius 3 is 2.17 bits per heavy atom. The molecule has 0 aromatic heterocycles. The first-order chi connectivity index (χ1) is 5.50. The van der Waals surface area contributed by atoms with E-state index in [0.29, 0.717) is 10.2 Å². The molecule has 2 atom stereocenters. The predicted molar refractivity (Wildman–Crippen MR) is 58.7 cm³/mol. The van der Waals surface area contributed by atoms with E-state index in [2.05, 4.69) is 46.4 Å². The molecule has 0 aromatic rings. The summed E-state index contributed by atoms with van der Waals surface area (Å²) < 4.78 is 0.598. The van der Waals surface area contributed by atoms with Crippen molar-refractivity contribution in [3.05, 3.63) is 0 Å². The first-order valence-electron chi connectivity index (χ1n) is 5.14. The third kappa shape index (κ3) is 1.21. The van der Waals surface area contributed by atoms with Crippen molar-refractivity contribution in [2.24, 2.45) is 11.3 Å². The maximum atomic E-state index is 2.44. The van der Waals surface area contributed by atoms with Gasteiger partial charge < -0.3 is 0 Å². The SMILES string of the molecule is CCSC1(CC)CC(C)C1(C)C. The molecule has 1 aliphatic rings. The summed E-state index contributed by atoms with van der Waals surface area (Å²) in [7, 11) is 0. The summed E-state index contributed by atoms with van der Waals surface area (Å²) in [5, 5.41) is 0. The summed E-state index contributed by atoms with van der Waals surface area (Å²) in [5.41, 5.74) is 0.558. The molecule has 1 rings (SSSR count). The van der Waals surface area contributed by atoms with Crippen molar-refractivity contribution in [2.75, 3.05) is 5.75 Å². The Morgan fingerprint density at radius 1 is 1.33 bits per heavy atom. The van der Waals surface area contributed by atoms with Crippen LogP contribution >= 0.6 is 11.8 Å². The van der Waals surface area contributed by atoms with Gasteiger partial charge in [-0.2, -0.15) is 11.8 Å². The summed E-state index contributed by atoms with van der Waals surface area (Å²) in [4.78, 5) is 0. The number of rotatable bonds is 3. The van der Waals surface area contributed by atoms with E-state index in [-0.39, 0.29) is 0 Å². The lowest BCUT2D eigenvalue weighted by Crippen LogP contribution is -2.57. The molecule has 0 saturated heterocycles. The van der Waals surface area contributed by atoms with Crippen molar-refractivity contribution in [2.45, 2.75) is 52.2 Å². The summed E-state index contributed by atoms with van der Waals surface area (Å²) in [5.74, 6) is 2.18. The lowest BCUT2D eigenvalue weighted by molar-refractivity contribution is 0.0215. The average Bonchev–Trinajstić information content (AvgIpc) is 2.03. The van der Waals surface area contributed by atoms with E-state index in [1.54, 1.807) is 0 Å². The van der Waals surface area contributed by atoms with E-state index in [1.165, 1.54) is 18.6 Å². The second kappa shape index (κ2) is 3.25. The fourth-order valence-corrected chi connectivity index (χ4v) is 4.25. The predicted octanol–water partition coefficient (Wildman–Crippen LogP) is 3.95. The molecule has 0 amide bonds. The largest absolute Gasteiger partial charge is 0.155 e. The average molecular weight is 186 g/mol. The van der Waals surface area contributed by atoms with Gasteiger partial charge in [-0.3, -0.25) is 0 Å². The molecule has 1 fully saturated rings. The van der Waals surface area contributed by atoms with Crippen LogP contribution in [0.5, 0.6) is 0 Å². The molecule has 0 radical (unpaired) electrons. The molecular formula is C11H22S. The van der Waals surface area contributed by atoms with Crippen LogP contribution in [0.25, 0.3) is 0 Å². The number of hydrogen-bond acceptors (Lipinski definition) is 1. The molecule has 1 saturated carbocycles. The van der Waals surface area contributed by atoms with Gasteiger partial charge in [-0.15, -0.1) is 0 Å². The van der Waals surface area contributed by atoms with Crippen LogP contribution in [0.3, 0.4) is 0 Å². The summed E-state index contributed by atoms with van der Waals surface area (Å²) in [6.07, 6.45) is 2.76. The van der Waals surface area contributed by atoms with Crippen molar-refractivity contribution in [1.29, 1.82) is 0 Å². The zero-order chi connectivity index (χ0) is 9.41. The van der Waals surface area contributed by atoms with E-state index in [9.17, 15) is 0 Å². The highest BCUT2D eigenvalue weighted by Gasteiger charge is 2.56. The highest BCUT2D eigenvalue weighted by atomic mass is 32.2. The topological polar surface area (TPSA) is 0 Å². The molecule has 0 bridgehead atoms. The standard InChI is InChI=1S/C11H22S/c1-6-11(12-7-2)8-9(3)10(11,4)5/h9H,6-8H2,1-5H3. The third-order valence-corrected chi connectivity index (χ3v) is 5.86. The molecular weight excluding hydrogens is 164 g/mol. The Kier molecular flexibility index (Phi) is 2.82. The lowest BCUT2D eigenvalue weighted by Gasteiger charge is -2.60. The Bertz CT molecular complexity index is 158. The van der Waals surface area contributed by atoms with E-state index >= 15 is 0 Å². The molecule has 72 valence electrons. The molecule has 12 heavy (non-hydrogen) atoms. The van der Waals surface area contributed by atoms with Crippen LogP contribution in [0.15, 0.2) is 0 Å². The van der Waals surface area contributed by atoms with Crippen molar-refractivity contribution in [1.82, 2.24) is 0 Å². The number of hydrogen-bond donors (Lipinski definition) is 0. The van der Waals surface area contributed by atoms with Crippen LogP contribution in [0.4, 0.5) is 0 Å². The molecule has 1 heteroatoms. The molecule has 0 nitrogen and oxygen atoms in total. The molecule has 2 unspecified atom stereocenters. The second-order valence-electron chi connectivity index (χ2n) is 4.61. The van der Waals surface area contributed by atoms with Crippen LogP contribution in [0.1, 0.15) is 47.5 Å². The monoisotopic (exact) mass is 186 g/mol. The summed E-state index contributed by atoms with van der Waals surface area (Å²) in [6.45, 7) is 11.9. The number of thioether (sulfide) groups is 1. The fraction of sp³-hybridized carbons (Fsp3) is 1.00. The molecule has 0 aromatic carbocycles. The van der Waals surface area contributed by atoms with Crippen LogP contribution in [-0.2, 0) is 0 Å². The molecule has 1 aliphatic carbocycles. The van der Waals surface area contributed by atoms with Crippen LogP contribution < -0.4 is 0 Å². The highest BCUT2D eigenvalue weighted by Crippen LogP contribution is 2.62. The summed E-state index contributed by atoms with van der Waals surface area (Å²) >= 11 is 2.18. The molecule has 0 N–H and O–H groups in total. The van der Waals surface area contributed by atoms with Gasteiger partial charge in [0.1, 0.15) is 0 Å².